The maximum atomic E-state index is 6.67. The molecule has 0 bridgehead atoms. The fraction of sp³-hybridized carbons (Fsp3) is 0.529. The molecule has 1 fully saturated rings. The molecule has 1 saturated heterocycles. The topological polar surface area (TPSA) is 12.5 Å². The highest BCUT2D eigenvalue weighted by molar-refractivity contribution is 5.71. The van der Waals surface area contributed by atoms with Gasteiger partial charge in [0, 0.05) is 24.7 Å². The SMILES string of the molecule is CC1=CCC23CC(C)(C)OC12c1ccccc1N3C. The summed E-state index contributed by atoms with van der Waals surface area (Å²) in [6.45, 7) is 6.69. The number of para-hydroxylation sites is 1. The van der Waals surface area contributed by atoms with E-state index in [0.717, 1.165) is 12.8 Å². The van der Waals surface area contributed by atoms with Crippen molar-refractivity contribution in [1.82, 2.24) is 0 Å². The molecular formula is C17H21NO. The lowest BCUT2D eigenvalue weighted by molar-refractivity contribution is -0.0742. The molecule has 2 atom stereocenters. The van der Waals surface area contributed by atoms with Gasteiger partial charge in [0.05, 0.1) is 11.1 Å². The van der Waals surface area contributed by atoms with Crippen LogP contribution in [0.5, 0.6) is 0 Å². The second-order valence-corrected chi connectivity index (χ2v) is 6.92. The third-order valence-corrected chi connectivity index (χ3v) is 5.39. The van der Waals surface area contributed by atoms with Crippen molar-refractivity contribution in [2.24, 2.45) is 0 Å². The van der Waals surface area contributed by atoms with Crippen molar-refractivity contribution in [3.8, 4) is 0 Å². The summed E-state index contributed by atoms with van der Waals surface area (Å²) >= 11 is 0. The molecule has 0 saturated carbocycles. The van der Waals surface area contributed by atoms with Crippen LogP contribution in [0.3, 0.4) is 0 Å². The minimum Gasteiger partial charge on any atom is -0.365 e. The Morgan fingerprint density at radius 2 is 1.95 bits per heavy atom. The van der Waals surface area contributed by atoms with Crippen molar-refractivity contribution in [2.75, 3.05) is 11.9 Å². The van der Waals surface area contributed by atoms with Gasteiger partial charge in [0.15, 0.2) is 0 Å². The molecule has 2 unspecified atom stereocenters. The zero-order valence-corrected chi connectivity index (χ0v) is 12.2. The number of ether oxygens (including phenoxy) is 1. The quantitative estimate of drug-likeness (QED) is 0.656. The van der Waals surface area contributed by atoms with Gasteiger partial charge >= 0.3 is 0 Å². The van der Waals surface area contributed by atoms with Crippen LogP contribution in [0.2, 0.25) is 0 Å². The summed E-state index contributed by atoms with van der Waals surface area (Å²) in [6, 6.07) is 8.74. The summed E-state index contributed by atoms with van der Waals surface area (Å²) in [7, 11) is 2.23. The van der Waals surface area contributed by atoms with Gasteiger partial charge in [0.2, 0.25) is 0 Å². The maximum absolute atomic E-state index is 6.67. The summed E-state index contributed by atoms with van der Waals surface area (Å²) in [4.78, 5) is 2.48. The van der Waals surface area contributed by atoms with E-state index in [9.17, 15) is 0 Å². The van der Waals surface area contributed by atoms with Crippen LogP contribution in [0.4, 0.5) is 5.69 Å². The molecule has 0 N–H and O–H groups in total. The van der Waals surface area contributed by atoms with Crippen LogP contribution in [0, 0.1) is 0 Å². The van der Waals surface area contributed by atoms with E-state index < -0.39 is 0 Å². The number of fused-ring (bicyclic) bond motifs is 1. The molecule has 100 valence electrons. The monoisotopic (exact) mass is 255 g/mol. The molecule has 1 aliphatic carbocycles. The highest BCUT2D eigenvalue weighted by Crippen LogP contribution is 2.67. The summed E-state index contributed by atoms with van der Waals surface area (Å²) in [6.07, 6.45) is 4.55. The molecule has 0 aromatic heterocycles. The summed E-state index contributed by atoms with van der Waals surface area (Å²) in [5, 5.41) is 0. The predicted molar refractivity (Wildman–Crippen MR) is 77.4 cm³/mol. The number of hydrogen-bond donors (Lipinski definition) is 0. The number of likely N-dealkylation sites (N-methyl/N-ethyl adjacent to an activating group) is 1. The largest absolute Gasteiger partial charge is 0.365 e. The Morgan fingerprint density at radius 3 is 2.74 bits per heavy atom. The first-order chi connectivity index (χ1) is 8.93. The number of nitrogens with zero attached hydrogens (tertiary/aromatic N) is 1. The maximum Gasteiger partial charge on any atom is 0.140 e. The van der Waals surface area contributed by atoms with Crippen LogP contribution in [-0.2, 0) is 10.3 Å². The lowest BCUT2D eigenvalue weighted by atomic mass is 9.75. The molecular weight excluding hydrogens is 234 g/mol. The van der Waals surface area contributed by atoms with Crippen molar-refractivity contribution < 1.29 is 4.74 Å². The number of rotatable bonds is 0. The van der Waals surface area contributed by atoms with Crippen molar-refractivity contribution >= 4 is 5.69 Å². The van der Waals surface area contributed by atoms with Gasteiger partial charge in [0.1, 0.15) is 5.60 Å². The summed E-state index contributed by atoms with van der Waals surface area (Å²) in [5.74, 6) is 0. The third-order valence-electron chi connectivity index (χ3n) is 5.39. The van der Waals surface area contributed by atoms with Gasteiger partial charge in [-0.15, -0.1) is 0 Å². The molecule has 0 radical (unpaired) electrons. The first-order valence-electron chi connectivity index (χ1n) is 7.14. The molecule has 0 amide bonds. The Hall–Kier alpha value is -1.28. The molecule has 19 heavy (non-hydrogen) atoms. The van der Waals surface area contributed by atoms with Gasteiger partial charge in [0.25, 0.3) is 0 Å². The number of benzene rings is 1. The minimum atomic E-state index is -0.220. The van der Waals surface area contributed by atoms with E-state index in [0.29, 0.717) is 0 Å². The minimum absolute atomic E-state index is 0.0582. The standard InChI is InChI=1S/C17H21NO/c1-12-9-10-16-11-15(2,3)19-17(12,16)13-7-5-6-8-14(13)18(16)4/h5-9H,10-11H2,1-4H3. The predicted octanol–water partition coefficient (Wildman–Crippen LogP) is 3.62. The molecule has 2 heteroatoms. The van der Waals surface area contributed by atoms with Crippen LogP contribution in [0.15, 0.2) is 35.9 Å². The fourth-order valence-electron chi connectivity index (χ4n) is 4.81. The second kappa shape index (κ2) is 3.06. The first kappa shape index (κ1) is 11.5. The van der Waals surface area contributed by atoms with Gasteiger partial charge < -0.3 is 9.64 Å². The van der Waals surface area contributed by atoms with Gasteiger partial charge in [-0.2, -0.15) is 0 Å². The van der Waals surface area contributed by atoms with E-state index >= 15 is 0 Å². The highest BCUT2D eigenvalue weighted by atomic mass is 16.5. The zero-order valence-electron chi connectivity index (χ0n) is 12.2. The van der Waals surface area contributed by atoms with Crippen molar-refractivity contribution in [3.05, 3.63) is 41.5 Å². The van der Waals surface area contributed by atoms with Crippen molar-refractivity contribution in [2.45, 2.75) is 50.4 Å². The molecule has 4 rings (SSSR count). The second-order valence-electron chi connectivity index (χ2n) is 6.92. The fourth-order valence-corrected chi connectivity index (χ4v) is 4.81. The molecule has 2 nitrogen and oxygen atoms in total. The first-order valence-corrected chi connectivity index (χ1v) is 7.14. The van der Waals surface area contributed by atoms with Crippen LogP contribution >= 0.6 is 0 Å². The normalized spacial score (nSPS) is 37.9. The van der Waals surface area contributed by atoms with Crippen LogP contribution in [0.1, 0.15) is 39.2 Å². The molecule has 2 heterocycles. The van der Waals surface area contributed by atoms with Crippen molar-refractivity contribution in [3.63, 3.8) is 0 Å². The Bertz CT molecular complexity index is 603. The number of hydrogen-bond acceptors (Lipinski definition) is 2. The smallest absolute Gasteiger partial charge is 0.140 e. The Kier molecular flexibility index (Phi) is 1.86. The van der Waals surface area contributed by atoms with Crippen LogP contribution in [-0.4, -0.2) is 18.2 Å². The third kappa shape index (κ3) is 1.05. The van der Waals surface area contributed by atoms with E-state index in [4.69, 9.17) is 4.74 Å². The number of anilines is 1. The van der Waals surface area contributed by atoms with E-state index in [1.54, 1.807) is 0 Å². The average Bonchev–Trinajstić information content (AvgIpc) is 2.85. The lowest BCUT2D eigenvalue weighted by Gasteiger charge is -2.39. The van der Waals surface area contributed by atoms with Crippen LogP contribution in [0.25, 0.3) is 0 Å². The van der Waals surface area contributed by atoms with Gasteiger partial charge in [-0.05, 0) is 38.8 Å². The van der Waals surface area contributed by atoms with E-state index in [-0.39, 0.29) is 16.7 Å². The van der Waals surface area contributed by atoms with Gasteiger partial charge in [-0.1, -0.05) is 24.3 Å². The lowest BCUT2D eigenvalue weighted by Crippen LogP contribution is -2.51. The van der Waals surface area contributed by atoms with E-state index in [1.807, 2.05) is 0 Å². The average molecular weight is 255 g/mol. The molecule has 2 aliphatic heterocycles. The Morgan fingerprint density at radius 1 is 1.21 bits per heavy atom. The van der Waals surface area contributed by atoms with Crippen LogP contribution < -0.4 is 4.90 Å². The summed E-state index contributed by atoms with van der Waals surface area (Å²) in [5.41, 5.74) is 3.89. The highest BCUT2D eigenvalue weighted by Gasteiger charge is 2.71. The Labute approximate surface area is 115 Å². The van der Waals surface area contributed by atoms with Crippen molar-refractivity contribution in [1.29, 1.82) is 0 Å². The molecule has 1 aromatic carbocycles. The summed E-state index contributed by atoms with van der Waals surface area (Å²) < 4.78 is 6.67. The Balaban J connectivity index is 2.05. The zero-order chi connectivity index (χ0) is 13.5. The molecule has 1 aromatic rings. The molecule has 3 aliphatic rings. The van der Waals surface area contributed by atoms with E-state index in [2.05, 4.69) is 63.1 Å². The molecule has 0 spiro atoms. The van der Waals surface area contributed by atoms with Gasteiger partial charge in [-0.25, -0.2) is 0 Å². The van der Waals surface area contributed by atoms with E-state index in [1.165, 1.54) is 16.8 Å². The van der Waals surface area contributed by atoms with Gasteiger partial charge in [-0.3, -0.25) is 0 Å².